The molecule has 6 nitrogen and oxygen atoms in total. The predicted octanol–water partition coefficient (Wildman–Crippen LogP) is 8.04. The van der Waals surface area contributed by atoms with E-state index in [4.69, 9.17) is 23.2 Å². The summed E-state index contributed by atoms with van der Waals surface area (Å²) in [6.45, 7) is 0. The minimum Gasteiger partial charge on any atom is -0.319 e. The maximum Gasteiger partial charge on any atom is 0.417 e. The van der Waals surface area contributed by atoms with Gasteiger partial charge < -0.3 is 10.2 Å². The molecule has 2 heterocycles. The molecule has 0 atom stereocenters. The molecule has 0 saturated heterocycles. The third-order valence-electron chi connectivity index (χ3n) is 5.35. The molecule has 0 radical (unpaired) electrons. The number of halogens is 8. The Bertz CT molecular complexity index is 1550. The molecule has 0 spiro atoms. The number of hydrogen-bond donors (Lipinski definition) is 1. The molecular weight excluding hydrogens is 597 g/mol. The molecular formula is C27H18Cl2F6N4O2. The number of benzene rings is 2. The second-order valence-electron chi connectivity index (χ2n) is 8.06. The van der Waals surface area contributed by atoms with Crippen molar-refractivity contribution in [2.24, 2.45) is 0 Å². The molecule has 0 aliphatic carbocycles. The van der Waals surface area contributed by atoms with Gasteiger partial charge in [-0.15, -0.1) is 0 Å². The van der Waals surface area contributed by atoms with Crippen molar-refractivity contribution in [1.29, 1.82) is 0 Å². The highest BCUT2D eigenvalue weighted by molar-refractivity contribution is 6.33. The molecule has 0 aliphatic heterocycles. The minimum atomic E-state index is -4.61. The Morgan fingerprint density at radius 1 is 0.707 bits per heavy atom. The number of carbonyl (C=O) groups excluding carboxylic acids is 2. The molecule has 0 unspecified atom stereocenters. The number of rotatable bonds is 4. The van der Waals surface area contributed by atoms with E-state index in [1.165, 1.54) is 61.9 Å². The number of nitrogens with zero attached hydrogens (tertiary/aromatic N) is 3. The van der Waals surface area contributed by atoms with Crippen molar-refractivity contribution in [1.82, 2.24) is 9.97 Å². The zero-order chi connectivity index (χ0) is 30.4. The molecule has 0 aliphatic rings. The summed E-state index contributed by atoms with van der Waals surface area (Å²) >= 11 is 11.6. The number of pyridine rings is 2. The predicted molar refractivity (Wildman–Crippen MR) is 142 cm³/mol. The van der Waals surface area contributed by atoms with Gasteiger partial charge in [-0.3, -0.25) is 9.59 Å². The fraction of sp³-hybridized carbons (Fsp3) is 0.111. The molecule has 4 rings (SSSR count). The largest absolute Gasteiger partial charge is 0.417 e. The zero-order valence-corrected chi connectivity index (χ0v) is 22.3. The number of amides is 2. The minimum absolute atomic E-state index is 0.00494. The molecule has 14 heteroatoms. The highest BCUT2D eigenvalue weighted by Gasteiger charge is 2.36. The Morgan fingerprint density at radius 3 is 1.73 bits per heavy atom. The summed E-state index contributed by atoms with van der Waals surface area (Å²) in [5.41, 5.74) is -2.51. The number of nitrogens with one attached hydrogen (secondary N) is 1. The third-order valence-corrected chi connectivity index (χ3v) is 5.95. The Hall–Kier alpha value is -4.16. The highest BCUT2D eigenvalue weighted by Crippen LogP contribution is 2.34. The first kappa shape index (κ1) is 31.4. The fourth-order valence-electron chi connectivity index (χ4n) is 3.43. The van der Waals surface area contributed by atoms with Crippen LogP contribution >= 0.6 is 23.2 Å². The van der Waals surface area contributed by atoms with Crippen molar-refractivity contribution in [3.8, 4) is 0 Å². The number of carbonyl (C=O) groups is 2. The van der Waals surface area contributed by atoms with Gasteiger partial charge in [0.05, 0.1) is 33.6 Å². The number of hydrogen-bond acceptors (Lipinski definition) is 4. The maximum atomic E-state index is 12.9. The molecule has 1 N–H and O–H groups in total. The van der Waals surface area contributed by atoms with Crippen LogP contribution in [0.25, 0.3) is 0 Å². The Kier molecular flexibility index (Phi) is 9.95. The molecule has 0 fully saturated rings. The van der Waals surface area contributed by atoms with Crippen molar-refractivity contribution in [2.45, 2.75) is 12.4 Å². The lowest BCUT2D eigenvalue weighted by Gasteiger charge is -2.20. The standard InChI is InChI=1S/C14H10ClF3N2O.C13H8ClF3N2O/c1-20(11-7-4-8-19-12(11)15)13(21)9-5-2-3-6-10(9)14(16,17)18;14-11-10(6-3-7-18-11)19-12(20)8-4-1-2-5-9(8)13(15,16)17/h2-8H,1H3;1-7H,(H,19,20). The summed E-state index contributed by atoms with van der Waals surface area (Å²) in [5, 5.41) is 2.35. The van der Waals surface area contributed by atoms with Crippen LogP contribution in [-0.2, 0) is 12.4 Å². The van der Waals surface area contributed by atoms with E-state index in [0.717, 1.165) is 29.2 Å². The van der Waals surface area contributed by atoms with Crippen LogP contribution < -0.4 is 10.2 Å². The first-order valence-corrected chi connectivity index (χ1v) is 12.1. The summed E-state index contributed by atoms with van der Waals surface area (Å²) in [4.78, 5) is 32.8. The second kappa shape index (κ2) is 13.0. The molecule has 2 aromatic carbocycles. The van der Waals surface area contributed by atoms with Gasteiger partial charge in [-0.2, -0.15) is 26.3 Å². The van der Waals surface area contributed by atoms with Crippen LogP contribution in [0, 0.1) is 0 Å². The first-order chi connectivity index (χ1) is 19.2. The average Bonchev–Trinajstić information content (AvgIpc) is 2.93. The SMILES string of the molecule is CN(C(=O)c1ccccc1C(F)(F)F)c1cccnc1Cl.O=C(Nc1cccnc1Cl)c1ccccc1C(F)(F)F. The molecule has 4 aromatic rings. The fourth-order valence-corrected chi connectivity index (χ4v) is 3.84. The molecule has 2 aromatic heterocycles. The van der Waals surface area contributed by atoms with Gasteiger partial charge in [0.25, 0.3) is 11.8 Å². The molecule has 2 amide bonds. The molecule has 41 heavy (non-hydrogen) atoms. The summed E-state index contributed by atoms with van der Waals surface area (Å²) < 4.78 is 77.3. The topological polar surface area (TPSA) is 75.2 Å². The van der Waals surface area contributed by atoms with Gasteiger partial charge in [-0.25, -0.2) is 9.97 Å². The van der Waals surface area contributed by atoms with Crippen LogP contribution in [0.3, 0.4) is 0 Å². The zero-order valence-electron chi connectivity index (χ0n) is 20.8. The van der Waals surface area contributed by atoms with Gasteiger partial charge in [0.15, 0.2) is 10.3 Å². The van der Waals surface area contributed by atoms with Crippen LogP contribution in [0.5, 0.6) is 0 Å². The van der Waals surface area contributed by atoms with E-state index in [9.17, 15) is 35.9 Å². The van der Waals surface area contributed by atoms with Gasteiger partial charge in [-0.1, -0.05) is 47.5 Å². The normalized spacial score (nSPS) is 11.2. The lowest BCUT2D eigenvalue weighted by molar-refractivity contribution is -0.138. The molecule has 0 bridgehead atoms. The van der Waals surface area contributed by atoms with Gasteiger partial charge in [-0.05, 0) is 48.5 Å². The lowest BCUT2D eigenvalue weighted by Crippen LogP contribution is -2.29. The van der Waals surface area contributed by atoms with E-state index < -0.39 is 46.4 Å². The van der Waals surface area contributed by atoms with Crippen molar-refractivity contribution in [2.75, 3.05) is 17.3 Å². The van der Waals surface area contributed by atoms with E-state index in [1.807, 2.05) is 0 Å². The second-order valence-corrected chi connectivity index (χ2v) is 8.78. The summed E-state index contributed by atoms with van der Waals surface area (Å²) in [6, 6.07) is 15.1. The van der Waals surface area contributed by atoms with Crippen LogP contribution in [0.1, 0.15) is 31.8 Å². The van der Waals surface area contributed by atoms with Crippen LogP contribution in [0.2, 0.25) is 10.3 Å². The van der Waals surface area contributed by atoms with Gasteiger partial charge in [0.2, 0.25) is 0 Å². The number of alkyl halides is 6. The van der Waals surface area contributed by atoms with E-state index in [-0.39, 0.29) is 21.7 Å². The van der Waals surface area contributed by atoms with Crippen LogP contribution in [-0.4, -0.2) is 28.8 Å². The molecule has 214 valence electrons. The highest BCUT2D eigenvalue weighted by atomic mass is 35.5. The quantitative estimate of drug-likeness (QED) is 0.186. The Balaban J connectivity index is 0.000000226. The van der Waals surface area contributed by atoms with Gasteiger partial charge in [0.1, 0.15) is 0 Å². The summed E-state index contributed by atoms with van der Waals surface area (Å²) in [5.74, 6) is -1.70. The van der Waals surface area contributed by atoms with E-state index in [2.05, 4.69) is 15.3 Å². The smallest absolute Gasteiger partial charge is 0.319 e. The van der Waals surface area contributed by atoms with E-state index in [0.29, 0.717) is 0 Å². The van der Waals surface area contributed by atoms with Crippen molar-refractivity contribution in [3.05, 3.63) is 118 Å². The van der Waals surface area contributed by atoms with Crippen molar-refractivity contribution < 1.29 is 35.9 Å². The summed E-state index contributed by atoms with van der Waals surface area (Å²) in [7, 11) is 1.35. The van der Waals surface area contributed by atoms with E-state index >= 15 is 0 Å². The monoisotopic (exact) mass is 614 g/mol. The molecule has 0 saturated carbocycles. The number of aromatic nitrogens is 2. The number of anilines is 2. The summed E-state index contributed by atoms with van der Waals surface area (Å²) in [6.07, 6.45) is -6.38. The van der Waals surface area contributed by atoms with Crippen LogP contribution in [0.15, 0.2) is 85.2 Å². The Labute approximate surface area is 239 Å². The van der Waals surface area contributed by atoms with Crippen molar-refractivity contribution in [3.63, 3.8) is 0 Å². The maximum absolute atomic E-state index is 12.9. The van der Waals surface area contributed by atoms with Gasteiger partial charge >= 0.3 is 12.4 Å². The third kappa shape index (κ3) is 7.95. The van der Waals surface area contributed by atoms with Crippen LogP contribution in [0.4, 0.5) is 37.7 Å². The van der Waals surface area contributed by atoms with Gasteiger partial charge in [0, 0.05) is 19.4 Å². The first-order valence-electron chi connectivity index (χ1n) is 11.3. The lowest BCUT2D eigenvalue weighted by atomic mass is 10.1. The van der Waals surface area contributed by atoms with E-state index in [1.54, 1.807) is 6.07 Å². The van der Waals surface area contributed by atoms with Crippen molar-refractivity contribution >= 4 is 46.4 Å². The average molecular weight is 615 g/mol. The Morgan fingerprint density at radius 2 is 1.20 bits per heavy atom.